The number of hydrogen-bond acceptors (Lipinski definition) is 1. The summed E-state index contributed by atoms with van der Waals surface area (Å²) in [5, 5.41) is 3.72. The predicted octanol–water partition coefficient (Wildman–Crippen LogP) is 5.74. The minimum absolute atomic E-state index is 0.144. The van der Waals surface area contributed by atoms with Crippen LogP contribution in [-0.4, -0.2) is 6.54 Å². The first kappa shape index (κ1) is 17.5. The number of unbranched alkanes of at least 4 members (excludes halogenated alkanes) is 1. The van der Waals surface area contributed by atoms with E-state index in [1.165, 1.54) is 25.3 Å². The first-order chi connectivity index (χ1) is 9.63. The first-order valence-electron chi connectivity index (χ1n) is 7.81. The lowest BCUT2D eigenvalue weighted by atomic mass is 9.89. The molecular weight excluding hydrogens is 273 g/mol. The van der Waals surface area contributed by atoms with Crippen molar-refractivity contribution in [1.29, 1.82) is 0 Å². The number of rotatable bonds is 9. The van der Waals surface area contributed by atoms with Gasteiger partial charge in [0.1, 0.15) is 5.82 Å². The van der Waals surface area contributed by atoms with Gasteiger partial charge in [-0.05, 0) is 30.5 Å². The molecule has 0 aromatic heterocycles. The van der Waals surface area contributed by atoms with E-state index >= 15 is 0 Å². The Balaban J connectivity index is 2.84. The van der Waals surface area contributed by atoms with Crippen molar-refractivity contribution in [2.24, 2.45) is 5.92 Å². The Labute approximate surface area is 127 Å². The Morgan fingerprint density at radius 1 is 1.25 bits per heavy atom. The van der Waals surface area contributed by atoms with Crippen LogP contribution in [0.3, 0.4) is 0 Å². The maximum absolute atomic E-state index is 13.6. The van der Waals surface area contributed by atoms with Crippen molar-refractivity contribution in [2.75, 3.05) is 6.54 Å². The summed E-state index contributed by atoms with van der Waals surface area (Å²) in [6, 6.07) is 5.24. The molecule has 0 saturated carbocycles. The monoisotopic (exact) mass is 299 g/mol. The number of benzene rings is 1. The van der Waals surface area contributed by atoms with Crippen LogP contribution in [0.5, 0.6) is 0 Å². The molecular formula is C17H27ClFN. The lowest BCUT2D eigenvalue weighted by Crippen LogP contribution is -2.24. The highest BCUT2D eigenvalue weighted by atomic mass is 35.5. The van der Waals surface area contributed by atoms with E-state index in [4.69, 9.17) is 11.6 Å². The predicted molar refractivity (Wildman–Crippen MR) is 85.8 cm³/mol. The Morgan fingerprint density at radius 2 is 2.00 bits per heavy atom. The van der Waals surface area contributed by atoms with Gasteiger partial charge in [0.05, 0.1) is 5.02 Å². The van der Waals surface area contributed by atoms with E-state index in [0.29, 0.717) is 5.92 Å². The van der Waals surface area contributed by atoms with E-state index < -0.39 is 0 Å². The molecule has 1 aromatic rings. The second kappa shape index (κ2) is 9.36. The van der Waals surface area contributed by atoms with Gasteiger partial charge in [0.2, 0.25) is 0 Å². The van der Waals surface area contributed by atoms with E-state index in [9.17, 15) is 4.39 Å². The van der Waals surface area contributed by atoms with Crippen LogP contribution in [0.25, 0.3) is 0 Å². The van der Waals surface area contributed by atoms with Gasteiger partial charge in [-0.1, -0.05) is 70.2 Å². The van der Waals surface area contributed by atoms with Gasteiger partial charge >= 0.3 is 0 Å². The topological polar surface area (TPSA) is 12.0 Å². The molecule has 1 aromatic carbocycles. The summed E-state index contributed by atoms with van der Waals surface area (Å²) in [7, 11) is 0. The Hall–Kier alpha value is -0.600. The second-order valence-electron chi connectivity index (χ2n) is 5.41. The molecule has 0 saturated heterocycles. The van der Waals surface area contributed by atoms with Gasteiger partial charge in [-0.25, -0.2) is 4.39 Å². The average Bonchev–Trinajstić information content (AvgIpc) is 2.45. The van der Waals surface area contributed by atoms with Crippen molar-refractivity contribution >= 4 is 11.6 Å². The lowest BCUT2D eigenvalue weighted by Gasteiger charge is -2.25. The van der Waals surface area contributed by atoms with Crippen LogP contribution >= 0.6 is 11.6 Å². The van der Waals surface area contributed by atoms with Crippen LogP contribution in [0.15, 0.2) is 18.2 Å². The Bertz CT molecular complexity index is 395. The van der Waals surface area contributed by atoms with Gasteiger partial charge in [0.25, 0.3) is 0 Å². The molecule has 0 aliphatic carbocycles. The number of hydrogen-bond donors (Lipinski definition) is 1. The van der Waals surface area contributed by atoms with Crippen LogP contribution in [-0.2, 0) is 0 Å². The summed E-state index contributed by atoms with van der Waals surface area (Å²) in [5.41, 5.74) is 0.892. The van der Waals surface area contributed by atoms with Gasteiger partial charge < -0.3 is 5.32 Å². The van der Waals surface area contributed by atoms with Gasteiger partial charge in [0, 0.05) is 6.04 Å². The summed E-state index contributed by atoms with van der Waals surface area (Å²) < 4.78 is 13.6. The number of halogens is 2. The normalized spacial score (nSPS) is 14.2. The van der Waals surface area contributed by atoms with Crippen molar-refractivity contribution in [3.05, 3.63) is 34.6 Å². The minimum atomic E-state index is -0.325. The van der Waals surface area contributed by atoms with Gasteiger partial charge in [-0.15, -0.1) is 0 Å². The largest absolute Gasteiger partial charge is 0.310 e. The average molecular weight is 300 g/mol. The van der Waals surface area contributed by atoms with Crippen LogP contribution < -0.4 is 5.32 Å². The van der Waals surface area contributed by atoms with Crippen LogP contribution in [0.2, 0.25) is 5.02 Å². The quantitative estimate of drug-likeness (QED) is 0.613. The van der Waals surface area contributed by atoms with Crippen molar-refractivity contribution in [3.63, 3.8) is 0 Å². The highest BCUT2D eigenvalue weighted by molar-refractivity contribution is 6.31. The fraction of sp³-hybridized carbons (Fsp3) is 0.647. The molecule has 0 fully saturated rings. The number of nitrogens with one attached hydrogen (secondary N) is 1. The fourth-order valence-electron chi connectivity index (χ4n) is 2.67. The van der Waals surface area contributed by atoms with Crippen molar-refractivity contribution in [3.8, 4) is 0 Å². The summed E-state index contributed by atoms with van der Waals surface area (Å²) in [4.78, 5) is 0. The Morgan fingerprint density at radius 3 is 2.60 bits per heavy atom. The molecule has 1 nitrogen and oxygen atoms in total. The van der Waals surface area contributed by atoms with E-state index in [0.717, 1.165) is 24.9 Å². The molecule has 1 rings (SSSR count). The molecule has 0 heterocycles. The zero-order chi connectivity index (χ0) is 15.0. The summed E-state index contributed by atoms with van der Waals surface area (Å²) in [6.07, 6.45) is 5.90. The third-order valence-electron chi connectivity index (χ3n) is 3.92. The van der Waals surface area contributed by atoms with Crippen molar-refractivity contribution in [2.45, 2.75) is 58.9 Å². The molecule has 0 aliphatic heterocycles. The Kier molecular flexibility index (Phi) is 8.16. The van der Waals surface area contributed by atoms with Crippen LogP contribution in [0.4, 0.5) is 4.39 Å². The van der Waals surface area contributed by atoms with E-state index in [1.54, 1.807) is 6.07 Å². The standard InChI is InChI=1S/C17H27ClFN/c1-4-7-9-13(5-2)12-16(20-6-3)14-10-8-11-15(19)17(14)18/h8,10-11,13,16,20H,4-7,9,12H2,1-3H3. The highest BCUT2D eigenvalue weighted by Crippen LogP contribution is 2.32. The zero-order valence-corrected chi connectivity index (χ0v) is 13.6. The zero-order valence-electron chi connectivity index (χ0n) is 12.9. The second-order valence-corrected chi connectivity index (χ2v) is 5.78. The van der Waals surface area contributed by atoms with Crippen molar-refractivity contribution < 1.29 is 4.39 Å². The van der Waals surface area contributed by atoms with Gasteiger partial charge in [-0.3, -0.25) is 0 Å². The summed E-state index contributed by atoms with van der Waals surface area (Å²) in [5.74, 6) is 0.340. The maximum atomic E-state index is 13.6. The molecule has 3 heteroatoms. The molecule has 0 radical (unpaired) electrons. The minimum Gasteiger partial charge on any atom is -0.310 e. The molecule has 1 N–H and O–H groups in total. The van der Waals surface area contributed by atoms with Crippen molar-refractivity contribution in [1.82, 2.24) is 5.32 Å². The lowest BCUT2D eigenvalue weighted by molar-refractivity contribution is 0.356. The molecule has 0 amide bonds. The molecule has 20 heavy (non-hydrogen) atoms. The summed E-state index contributed by atoms with van der Waals surface area (Å²) >= 11 is 6.14. The molecule has 0 spiro atoms. The maximum Gasteiger partial charge on any atom is 0.142 e. The van der Waals surface area contributed by atoms with Gasteiger partial charge in [0.15, 0.2) is 0 Å². The fourth-order valence-corrected chi connectivity index (χ4v) is 2.93. The van der Waals surface area contributed by atoms with E-state index in [1.807, 2.05) is 6.07 Å². The molecule has 0 bridgehead atoms. The third-order valence-corrected chi connectivity index (χ3v) is 4.32. The first-order valence-corrected chi connectivity index (χ1v) is 8.19. The van der Waals surface area contributed by atoms with Crippen LogP contribution in [0.1, 0.15) is 64.5 Å². The van der Waals surface area contributed by atoms with Crippen LogP contribution in [0, 0.1) is 11.7 Å². The smallest absolute Gasteiger partial charge is 0.142 e. The third kappa shape index (κ3) is 5.06. The summed E-state index contributed by atoms with van der Waals surface area (Å²) in [6.45, 7) is 7.39. The molecule has 114 valence electrons. The SMILES string of the molecule is CCCCC(CC)CC(NCC)c1cccc(F)c1Cl. The van der Waals surface area contributed by atoms with E-state index in [-0.39, 0.29) is 16.9 Å². The van der Waals surface area contributed by atoms with E-state index in [2.05, 4.69) is 26.1 Å². The molecule has 0 aliphatic rings. The molecule has 2 unspecified atom stereocenters. The highest BCUT2D eigenvalue weighted by Gasteiger charge is 2.19. The molecule has 2 atom stereocenters. The van der Waals surface area contributed by atoms with Gasteiger partial charge in [-0.2, -0.15) is 0 Å².